The van der Waals surface area contributed by atoms with E-state index in [1.54, 1.807) is 56.7 Å². The van der Waals surface area contributed by atoms with Gasteiger partial charge in [-0.1, -0.05) is 5.16 Å². The van der Waals surface area contributed by atoms with Gasteiger partial charge in [-0.15, -0.1) is 0 Å². The Labute approximate surface area is 149 Å². The average Bonchev–Trinajstić information content (AvgIpc) is 3.18. The van der Waals surface area contributed by atoms with E-state index in [9.17, 15) is 4.79 Å². The Hall–Kier alpha value is -3.79. The summed E-state index contributed by atoms with van der Waals surface area (Å²) in [7, 11) is 3.10. The third-order valence-electron chi connectivity index (χ3n) is 3.69. The van der Waals surface area contributed by atoms with Crippen molar-refractivity contribution >= 4 is 11.6 Å². The van der Waals surface area contributed by atoms with Gasteiger partial charge in [0.15, 0.2) is 11.5 Å². The molecule has 1 N–H and O–H groups in total. The molecule has 0 spiro atoms. The van der Waals surface area contributed by atoms with Crippen LogP contribution in [-0.4, -0.2) is 25.3 Å². The van der Waals surface area contributed by atoms with Gasteiger partial charge in [0.05, 0.1) is 31.4 Å². The van der Waals surface area contributed by atoms with Crippen molar-refractivity contribution in [2.45, 2.75) is 0 Å². The highest BCUT2D eigenvalue weighted by Gasteiger charge is 2.17. The van der Waals surface area contributed by atoms with Crippen LogP contribution in [0.5, 0.6) is 11.5 Å². The fourth-order valence-electron chi connectivity index (χ4n) is 2.34. The second kappa shape index (κ2) is 7.40. The molecular weight excluding hydrogens is 334 g/mol. The van der Waals surface area contributed by atoms with E-state index in [1.807, 2.05) is 6.07 Å². The Morgan fingerprint density at radius 2 is 1.88 bits per heavy atom. The lowest BCUT2D eigenvalue weighted by Gasteiger charge is -2.07. The molecule has 26 heavy (non-hydrogen) atoms. The number of hydrogen-bond donors (Lipinski definition) is 1. The molecule has 0 aliphatic carbocycles. The van der Waals surface area contributed by atoms with Crippen LogP contribution in [0.1, 0.15) is 16.1 Å². The van der Waals surface area contributed by atoms with Gasteiger partial charge < -0.3 is 19.3 Å². The number of methoxy groups -OCH3 is 2. The van der Waals surface area contributed by atoms with E-state index in [-0.39, 0.29) is 5.69 Å². The normalized spacial score (nSPS) is 10.0. The molecule has 0 aliphatic heterocycles. The van der Waals surface area contributed by atoms with Crippen LogP contribution in [0.3, 0.4) is 0 Å². The third kappa shape index (κ3) is 3.49. The van der Waals surface area contributed by atoms with Gasteiger partial charge in [0.25, 0.3) is 5.91 Å². The summed E-state index contributed by atoms with van der Waals surface area (Å²) in [6, 6.07) is 15.3. The van der Waals surface area contributed by atoms with Crippen molar-refractivity contribution in [3.8, 4) is 28.9 Å². The second-order valence-corrected chi connectivity index (χ2v) is 5.29. The maximum absolute atomic E-state index is 12.3. The van der Waals surface area contributed by atoms with E-state index in [2.05, 4.69) is 10.5 Å². The minimum absolute atomic E-state index is 0.120. The number of nitriles is 1. The molecule has 0 atom stereocenters. The summed E-state index contributed by atoms with van der Waals surface area (Å²) in [4.78, 5) is 12.3. The number of aromatic nitrogens is 1. The maximum Gasteiger partial charge on any atom is 0.277 e. The molecule has 0 saturated heterocycles. The lowest BCUT2D eigenvalue weighted by Crippen LogP contribution is -2.12. The summed E-state index contributed by atoms with van der Waals surface area (Å²) in [5.41, 5.74) is 1.81. The van der Waals surface area contributed by atoms with Gasteiger partial charge in [0.1, 0.15) is 11.5 Å². The average molecular weight is 349 g/mol. The minimum Gasteiger partial charge on any atom is -0.497 e. The molecule has 0 aliphatic rings. The molecule has 0 radical (unpaired) electrons. The first-order valence-electron chi connectivity index (χ1n) is 7.65. The molecule has 1 heterocycles. The lowest BCUT2D eigenvalue weighted by molar-refractivity contribution is 0.101. The highest BCUT2D eigenvalue weighted by molar-refractivity contribution is 6.03. The zero-order valence-corrected chi connectivity index (χ0v) is 14.1. The van der Waals surface area contributed by atoms with Crippen molar-refractivity contribution in [1.29, 1.82) is 5.26 Å². The number of ether oxygens (including phenoxy) is 2. The predicted octanol–water partition coefficient (Wildman–Crippen LogP) is 3.48. The fraction of sp³-hybridized carbons (Fsp3) is 0.105. The monoisotopic (exact) mass is 349 g/mol. The molecule has 0 bridgehead atoms. The number of benzene rings is 2. The number of carbonyl (C=O) groups excluding carboxylic acids is 1. The first-order valence-corrected chi connectivity index (χ1v) is 7.65. The molecule has 0 fully saturated rings. The van der Waals surface area contributed by atoms with Gasteiger partial charge in [-0.05, 0) is 42.5 Å². The number of nitrogens with zero attached hydrogens (tertiary/aromatic N) is 2. The van der Waals surface area contributed by atoms with Crippen LogP contribution >= 0.6 is 0 Å². The number of rotatable bonds is 5. The maximum atomic E-state index is 12.3. The van der Waals surface area contributed by atoms with E-state index < -0.39 is 5.91 Å². The molecule has 0 unspecified atom stereocenters. The van der Waals surface area contributed by atoms with Crippen LogP contribution in [-0.2, 0) is 0 Å². The molecule has 0 saturated carbocycles. The van der Waals surface area contributed by atoms with Crippen molar-refractivity contribution < 1.29 is 18.8 Å². The van der Waals surface area contributed by atoms with Crippen LogP contribution in [0.25, 0.3) is 11.3 Å². The van der Waals surface area contributed by atoms with Crippen molar-refractivity contribution in [1.82, 2.24) is 5.16 Å². The number of amides is 1. The highest BCUT2D eigenvalue weighted by Crippen LogP contribution is 2.33. The van der Waals surface area contributed by atoms with Crippen molar-refractivity contribution in [3.63, 3.8) is 0 Å². The van der Waals surface area contributed by atoms with Gasteiger partial charge in [0.2, 0.25) is 0 Å². The number of hydrogen-bond acceptors (Lipinski definition) is 6. The first kappa shape index (κ1) is 17.0. The molecule has 7 heteroatoms. The quantitative estimate of drug-likeness (QED) is 0.757. The zero-order valence-electron chi connectivity index (χ0n) is 14.1. The van der Waals surface area contributed by atoms with Crippen LogP contribution in [0.2, 0.25) is 0 Å². The Morgan fingerprint density at radius 1 is 1.12 bits per heavy atom. The summed E-state index contributed by atoms with van der Waals surface area (Å²) in [6.07, 6.45) is 0. The van der Waals surface area contributed by atoms with Crippen LogP contribution in [0, 0.1) is 11.3 Å². The summed E-state index contributed by atoms with van der Waals surface area (Å²) in [5.74, 6) is 1.15. The van der Waals surface area contributed by atoms with Gasteiger partial charge in [-0.2, -0.15) is 5.26 Å². The van der Waals surface area contributed by atoms with E-state index in [4.69, 9.17) is 19.3 Å². The molecule has 7 nitrogen and oxygen atoms in total. The highest BCUT2D eigenvalue weighted by atomic mass is 16.5. The van der Waals surface area contributed by atoms with E-state index >= 15 is 0 Å². The van der Waals surface area contributed by atoms with E-state index in [0.29, 0.717) is 34.1 Å². The van der Waals surface area contributed by atoms with Crippen LogP contribution < -0.4 is 14.8 Å². The lowest BCUT2D eigenvalue weighted by atomic mass is 10.1. The minimum atomic E-state index is -0.424. The van der Waals surface area contributed by atoms with Crippen LogP contribution in [0.4, 0.5) is 5.69 Å². The Bertz CT molecular complexity index is 971. The van der Waals surface area contributed by atoms with Crippen molar-refractivity contribution in [3.05, 3.63) is 59.8 Å². The molecule has 130 valence electrons. The molecular formula is C19H15N3O4. The van der Waals surface area contributed by atoms with Gasteiger partial charge >= 0.3 is 0 Å². The number of anilines is 1. The molecule has 3 aromatic rings. The summed E-state index contributed by atoms with van der Waals surface area (Å²) in [6.45, 7) is 0. The zero-order chi connectivity index (χ0) is 18.5. The summed E-state index contributed by atoms with van der Waals surface area (Å²) >= 11 is 0. The Morgan fingerprint density at radius 3 is 2.54 bits per heavy atom. The topological polar surface area (TPSA) is 97.4 Å². The van der Waals surface area contributed by atoms with Crippen molar-refractivity contribution in [2.75, 3.05) is 19.5 Å². The van der Waals surface area contributed by atoms with Crippen molar-refractivity contribution in [2.24, 2.45) is 0 Å². The molecule has 3 rings (SSSR count). The van der Waals surface area contributed by atoms with E-state index in [1.165, 1.54) is 6.07 Å². The third-order valence-corrected chi connectivity index (χ3v) is 3.69. The summed E-state index contributed by atoms with van der Waals surface area (Å²) < 4.78 is 15.8. The Kier molecular flexibility index (Phi) is 4.85. The molecule has 2 aromatic carbocycles. The molecule has 1 amide bonds. The number of nitrogens with one attached hydrogen (secondary N) is 1. The Balaban J connectivity index is 1.83. The van der Waals surface area contributed by atoms with Gasteiger partial charge in [-0.3, -0.25) is 4.79 Å². The van der Waals surface area contributed by atoms with Gasteiger partial charge in [-0.25, -0.2) is 0 Å². The first-order chi connectivity index (χ1) is 12.6. The molecule has 1 aromatic heterocycles. The SMILES string of the molecule is COc1ccc(OC)c(-c2cc(C(=O)Nc3ccc(C#N)cc3)no2)c1. The standard InChI is InChI=1S/C19H15N3O4/c1-24-14-7-8-17(25-2)15(9-14)18-10-16(22-26-18)19(23)21-13-5-3-12(11-20)4-6-13/h3-10H,1-2H3,(H,21,23). The van der Waals surface area contributed by atoms with E-state index in [0.717, 1.165) is 0 Å². The second-order valence-electron chi connectivity index (χ2n) is 5.29. The smallest absolute Gasteiger partial charge is 0.277 e. The largest absolute Gasteiger partial charge is 0.497 e. The predicted molar refractivity (Wildman–Crippen MR) is 94.2 cm³/mol. The fourth-order valence-corrected chi connectivity index (χ4v) is 2.34. The summed E-state index contributed by atoms with van der Waals surface area (Å²) in [5, 5.41) is 15.3. The van der Waals surface area contributed by atoms with Gasteiger partial charge in [0, 0.05) is 11.8 Å². The number of carbonyl (C=O) groups is 1. The van der Waals surface area contributed by atoms with Crippen LogP contribution in [0.15, 0.2) is 53.1 Å².